The van der Waals surface area contributed by atoms with Gasteiger partial charge in [0.15, 0.2) is 0 Å². The van der Waals surface area contributed by atoms with E-state index in [0.29, 0.717) is 31.6 Å². The van der Waals surface area contributed by atoms with Crippen LogP contribution in [0.25, 0.3) is 0 Å². The highest BCUT2D eigenvalue weighted by atomic mass is 32.2. The number of carbonyl (C=O) groups is 1. The van der Waals surface area contributed by atoms with E-state index in [-0.39, 0.29) is 11.4 Å². The van der Waals surface area contributed by atoms with E-state index in [1.54, 1.807) is 6.92 Å². The van der Waals surface area contributed by atoms with Crippen molar-refractivity contribution in [1.82, 2.24) is 0 Å². The minimum Gasteiger partial charge on any atom is -0.870 e. The first-order chi connectivity index (χ1) is 10.1. The van der Waals surface area contributed by atoms with E-state index in [4.69, 9.17) is 9.29 Å². The van der Waals surface area contributed by atoms with Crippen LogP contribution in [0.2, 0.25) is 0 Å². The number of hydrogen-bond acceptors (Lipinski definition) is 5. The molecule has 23 heavy (non-hydrogen) atoms. The molecule has 1 unspecified atom stereocenters. The Morgan fingerprint density at radius 1 is 1.26 bits per heavy atom. The van der Waals surface area contributed by atoms with Gasteiger partial charge in [-0.15, -0.1) is 0 Å². The number of ether oxygens (including phenoxy) is 1. The second kappa shape index (κ2) is 10.7. The van der Waals surface area contributed by atoms with Crippen molar-refractivity contribution >= 4 is 16.1 Å². The molecular formula is C15H31NO6S. The van der Waals surface area contributed by atoms with Crippen molar-refractivity contribution < 1.29 is 32.5 Å². The van der Waals surface area contributed by atoms with Crippen molar-refractivity contribution in [2.75, 3.05) is 32.8 Å². The van der Waals surface area contributed by atoms with E-state index < -0.39 is 15.4 Å². The first-order valence-corrected chi connectivity index (χ1v) is 9.22. The molecule has 0 spiro atoms. The fourth-order valence-electron chi connectivity index (χ4n) is 2.26. The van der Waals surface area contributed by atoms with E-state index in [9.17, 15) is 13.2 Å². The number of nitrogens with zero attached hydrogens (tertiary/aromatic N) is 1. The lowest BCUT2D eigenvalue weighted by Crippen LogP contribution is -2.50. The molecule has 0 bridgehead atoms. The molecule has 0 aliphatic rings. The predicted molar refractivity (Wildman–Crippen MR) is 89.0 cm³/mol. The molecular weight excluding hydrogens is 322 g/mol. The Hall–Kier alpha value is -0.960. The van der Waals surface area contributed by atoms with Crippen LogP contribution in [0.3, 0.4) is 0 Å². The first-order valence-electron chi connectivity index (χ1n) is 7.72. The van der Waals surface area contributed by atoms with Crippen molar-refractivity contribution in [2.45, 2.75) is 45.8 Å². The minimum atomic E-state index is -3.98. The molecule has 0 aliphatic heterocycles. The highest BCUT2D eigenvalue weighted by molar-refractivity contribution is 7.86. The molecule has 0 heterocycles. The maximum absolute atomic E-state index is 11.3. The van der Waals surface area contributed by atoms with E-state index >= 15 is 0 Å². The molecule has 0 saturated carbocycles. The van der Waals surface area contributed by atoms with Gasteiger partial charge >= 0.3 is 5.97 Å². The van der Waals surface area contributed by atoms with Crippen LogP contribution in [0.5, 0.6) is 0 Å². The Labute approximate surface area is 140 Å². The van der Waals surface area contributed by atoms with Gasteiger partial charge in [-0.1, -0.05) is 6.58 Å². The van der Waals surface area contributed by atoms with Gasteiger partial charge < -0.3 is 14.7 Å². The normalized spacial score (nSPS) is 13.1. The Balaban J connectivity index is 0. The summed E-state index contributed by atoms with van der Waals surface area (Å²) in [6.45, 7) is 14.3. The van der Waals surface area contributed by atoms with Gasteiger partial charge in [-0.05, 0) is 27.7 Å². The lowest BCUT2D eigenvalue weighted by molar-refractivity contribution is -0.925. The third-order valence-electron chi connectivity index (χ3n) is 4.22. The number of hydrogen-bond donors (Lipinski definition) is 1. The zero-order valence-corrected chi connectivity index (χ0v) is 15.4. The lowest BCUT2D eigenvalue weighted by Gasteiger charge is -2.37. The van der Waals surface area contributed by atoms with Crippen molar-refractivity contribution in [3.63, 3.8) is 0 Å². The highest BCUT2D eigenvalue weighted by Crippen LogP contribution is 2.13. The van der Waals surface area contributed by atoms with Gasteiger partial charge in [0, 0.05) is 18.4 Å². The zero-order valence-electron chi connectivity index (χ0n) is 14.6. The topological polar surface area (TPSA) is 111 Å². The summed E-state index contributed by atoms with van der Waals surface area (Å²) in [5, 5.41) is -0.760. The van der Waals surface area contributed by atoms with Crippen LogP contribution in [0.4, 0.5) is 0 Å². The molecule has 0 saturated heterocycles. The molecule has 0 fully saturated rings. The standard InChI is InChI=1S/C15H29NO5S.H2O/c1-6-16(7-2,11-9-14(5)22(18,19)20)10-8-12-21-15(17)13(3)4;/h14H,3,6-12H2,1-2,4-5H3;1H2. The van der Waals surface area contributed by atoms with Gasteiger partial charge in [0.25, 0.3) is 10.1 Å². The van der Waals surface area contributed by atoms with Crippen LogP contribution in [-0.2, 0) is 19.6 Å². The monoisotopic (exact) mass is 353 g/mol. The molecule has 0 amide bonds. The Morgan fingerprint density at radius 3 is 2.17 bits per heavy atom. The summed E-state index contributed by atoms with van der Waals surface area (Å²) in [4.78, 5) is 11.3. The van der Waals surface area contributed by atoms with Crippen LogP contribution in [-0.4, -0.2) is 66.9 Å². The van der Waals surface area contributed by atoms with Crippen molar-refractivity contribution in [1.29, 1.82) is 0 Å². The highest BCUT2D eigenvalue weighted by Gasteiger charge is 2.27. The molecule has 0 aliphatic carbocycles. The van der Waals surface area contributed by atoms with E-state index in [2.05, 4.69) is 20.4 Å². The van der Waals surface area contributed by atoms with Gasteiger partial charge in [0.1, 0.15) is 0 Å². The Kier molecular flexibility index (Phi) is 11.4. The fraction of sp³-hybridized carbons (Fsp3) is 0.800. The summed E-state index contributed by atoms with van der Waals surface area (Å²) >= 11 is 0. The second-order valence-electron chi connectivity index (χ2n) is 5.81. The van der Waals surface area contributed by atoms with E-state index in [1.807, 2.05) is 0 Å². The van der Waals surface area contributed by atoms with Crippen molar-refractivity contribution in [3.8, 4) is 0 Å². The second-order valence-corrected chi connectivity index (χ2v) is 7.64. The molecule has 0 radical (unpaired) electrons. The summed E-state index contributed by atoms with van der Waals surface area (Å²) < 4.78 is 37.1. The number of rotatable bonds is 11. The Bertz CT molecular complexity index is 470. The molecule has 138 valence electrons. The molecule has 8 heteroatoms. The van der Waals surface area contributed by atoms with Crippen LogP contribution < -0.4 is 0 Å². The van der Waals surface area contributed by atoms with Crippen LogP contribution in [0, 0.1) is 0 Å². The molecule has 7 nitrogen and oxygen atoms in total. The van der Waals surface area contributed by atoms with Gasteiger partial charge in [0.2, 0.25) is 0 Å². The average molecular weight is 353 g/mol. The SMILES string of the molecule is C=C(C)C(=O)OCCC[N+](CC)(CC)CCC(C)S(=O)(=O)O.[OH-]. The summed E-state index contributed by atoms with van der Waals surface area (Å²) in [6, 6.07) is 0. The third kappa shape index (κ3) is 9.04. The fourth-order valence-corrected chi connectivity index (χ4v) is 2.66. The Morgan fingerprint density at radius 2 is 1.78 bits per heavy atom. The van der Waals surface area contributed by atoms with Crippen molar-refractivity contribution in [3.05, 3.63) is 12.2 Å². The van der Waals surface area contributed by atoms with Crippen LogP contribution in [0.1, 0.15) is 40.5 Å². The van der Waals surface area contributed by atoms with E-state index in [0.717, 1.165) is 24.1 Å². The van der Waals surface area contributed by atoms with Crippen LogP contribution in [0.15, 0.2) is 12.2 Å². The summed E-state index contributed by atoms with van der Waals surface area (Å²) in [5.74, 6) is -0.383. The molecule has 0 aromatic heterocycles. The average Bonchev–Trinajstić information content (AvgIpc) is 2.45. The molecule has 0 aromatic rings. The quantitative estimate of drug-likeness (QED) is 0.199. The minimum absolute atomic E-state index is 0. The maximum Gasteiger partial charge on any atom is 0.333 e. The largest absolute Gasteiger partial charge is 0.870 e. The summed E-state index contributed by atoms with van der Waals surface area (Å²) in [7, 11) is -3.98. The number of carbonyl (C=O) groups excluding carboxylic acids is 1. The molecule has 1 atom stereocenters. The first kappa shape index (κ1) is 24.3. The summed E-state index contributed by atoms with van der Waals surface area (Å²) in [6.07, 6.45) is 1.12. The van der Waals surface area contributed by atoms with Gasteiger partial charge in [-0.2, -0.15) is 8.42 Å². The van der Waals surface area contributed by atoms with E-state index in [1.165, 1.54) is 6.92 Å². The smallest absolute Gasteiger partial charge is 0.333 e. The van der Waals surface area contributed by atoms with Gasteiger partial charge in [-0.25, -0.2) is 4.79 Å². The number of esters is 1. The van der Waals surface area contributed by atoms with Gasteiger partial charge in [-0.3, -0.25) is 4.55 Å². The number of quaternary nitrogens is 1. The third-order valence-corrected chi connectivity index (χ3v) is 5.47. The molecule has 2 N–H and O–H groups in total. The summed E-state index contributed by atoms with van der Waals surface area (Å²) in [5.41, 5.74) is 0.383. The maximum atomic E-state index is 11.3. The zero-order chi connectivity index (χ0) is 17.4. The molecule has 0 rings (SSSR count). The van der Waals surface area contributed by atoms with Gasteiger partial charge in [0.05, 0.1) is 38.0 Å². The van der Waals surface area contributed by atoms with Crippen LogP contribution >= 0.6 is 0 Å². The van der Waals surface area contributed by atoms with Crippen molar-refractivity contribution in [2.24, 2.45) is 0 Å². The predicted octanol–water partition coefficient (Wildman–Crippen LogP) is 1.84. The molecule has 0 aromatic carbocycles. The lowest BCUT2D eigenvalue weighted by atomic mass is 10.2.